The zero-order valence-corrected chi connectivity index (χ0v) is 12.6. The molecule has 0 fully saturated rings. The van der Waals surface area contributed by atoms with Crippen LogP contribution in [0.25, 0.3) is 0 Å². The maximum atomic E-state index is 11.8. The van der Waals surface area contributed by atoms with Gasteiger partial charge >= 0.3 is 0 Å². The van der Waals surface area contributed by atoms with Gasteiger partial charge in [0.05, 0.1) is 14.2 Å². The van der Waals surface area contributed by atoms with Crippen LogP contribution in [0.2, 0.25) is 0 Å². The number of rotatable bonds is 6. The molecular weight excluding hydrogens is 292 g/mol. The maximum absolute atomic E-state index is 11.8. The minimum atomic E-state index is -0.273. The quantitative estimate of drug-likeness (QED) is 0.829. The Kier molecular flexibility index (Phi) is 4.94. The van der Waals surface area contributed by atoms with Crippen LogP contribution in [-0.2, 0) is 6.42 Å². The van der Waals surface area contributed by atoms with Crippen molar-refractivity contribution in [1.29, 1.82) is 0 Å². The summed E-state index contributed by atoms with van der Waals surface area (Å²) in [5.74, 6) is 1.07. The summed E-state index contributed by atoms with van der Waals surface area (Å²) >= 11 is 1.06. The molecule has 7 nitrogen and oxygen atoms in total. The zero-order chi connectivity index (χ0) is 15.2. The third kappa shape index (κ3) is 3.82. The first-order chi connectivity index (χ1) is 10.1. The van der Waals surface area contributed by atoms with E-state index >= 15 is 0 Å². The third-order valence-corrected chi connectivity index (χ3v) is 3.53. The normalized spacial score (nSPS) is 10.2. The summed E-state index contributed by atoms with van der Waals surface area (Å²) in [4.78, 5) is 11.8. The van der Waals surface area contributed by atoms with Crippen molar-refractivity contribution in [1.82, 2.24) is 15.5 Å². The van der Waals surface area contributed by atoms with Crippen LogP contribution in [0.5, 0.6) is 11.5 Å². The first-order valence-electron chi connectivity index (χ1n) is 6.22. The fraction of sp³-hybridized carbons (Fsp3) is 0.308. The lowest BCUT2D eigenvalue weighted by Crippen LogP contribution is -2.25. The summed E-state index contributed by atoms with van der Waals surface area (Å²) in [6, 6.07) is 5.64. The van der Waals surface area contributed by atoms with Crippen molar-refractivity contribution >= 4 is 22.4 Å². The van der Waals surface area contributed by atoms with Crippen LogP contribution < -0.4 is 20.5 Å². The van der Waals surface area contributed by atoms with Crippen LogP contribution in [0.4, 0.5) is 5.13 Å². The molecule has 0 aliphatic heterocycles. The lowest BCUT2D eigenvalue weighted by atomic mass is 10.1. The molecule has 112 valence electrons. The molecule has 0 aliphatic carbocycles. The van der Waals surface area contributed by atoms with Crippen LogP contribution in [0.15, 0.2) is 18.2 Å². The van der Waals surface area contributed by atoms with Crippen molar-refractivity contribution in [2.75, 3.05) is 26.5 Å². The summed E-state index contributed by atoms with van der Waals surface area (Å²) in [6.45, 7) is 0.480. The summed E-state index contributed by atoms with van der Waals surface area (Å²) in [5, 5.41) is 10.6. The molecule has 3 N–H and O–H groups in total. The predicted molar refractivity (Wildman–Crippen MR) is 79.9 cm³/mol. The van der Waals surface area contributed by atoms with E-state index in [1.165, 1.54) is 0 Å². The van der Waals surface area contributed by atoms with E-state index in [2.05, 4.69) is 15.5 Å². The lowest BCUT2D eigenvalue weighted by Gasteiger charge is -2.09. The van der Waals surface area contributed by atoms with Gasteiger partial charge in [-0.3, -0.25) is 4.79 Å². The molecule has 1 heterocycles. The number of methoxy groups -OCH3 is 2. The van der Waals surface area contributed by atoms with E-state index in [0.29, 0.717) is 24.5 Å². The Bertz CT molecular complexity index is 630. The average Bonchev–Trinajstić information content (AvgIpc) is 2.93. The highest BCUT2D eigenvalue weighted by molar-refractivity contribution is 7.16. The van der Waals surface area contributed by atoms with E-state index < -0.39 is 0 Å². The Morgan fingerprint density at radius 3 is 2.67 bits per heavy atom. The molecule has 8 heteroatoms. The van der Waals surface area contributed by atoms with Gasteiger partial charge in [-0.25, -0.2) is 0 Å². The molecule has 0 saturated heterocycles. The number of benzene rings is 1. The molecular formula is C13H16N4O3S. The fourth-order valence-corrected chi connectivity index (χ4v) is 2.28. The Morgan fingerprint density at radius 1 is 1.29 bits per heavy atom. The van der Waals surface area contributed by atoms with Crippen LogP contribution in [0, 0.1) is 0 Å². The van der Waals surface area contributed by atoms with Gasteiger partial charge in [-0.2, -0.15) is 0 Å². The standard InChI is InChI=1S/C13H16N4O3S/c1-19-9-4-3-8(7-10(9)20-2)5-6-15-11(18)12-16-17-13(14)21-12/h3-4,7H,5-6H2,1-2H3,(H2,14,17)(H,15,18). The van der Waals surface area contributed by atoms with Gasteiger partial charge in [-0.05, 0) is 24.1 Å². The van der Waals surface area contributed by atoms with E-state index in [0.717, 1.165) is 16.9 Å². The smallest absolute Gasteiger partial charge is 0.282 e. The monoisotopic (exact) mass is 308 g/mol. The second-order valence-electron chi connectivity index (χ2n) is 4.14. The maximum Gasteiger partial charge on any atom is 0.282 e. The summed E-state index contributed by atoms with van der Waals surface area (Å²) in [7, 11) is 3.18. The number of hydrogen-bond acceptors (Lipinski definition) is 7. The van der Waals surface area contributed by atoms with E-state index in [1.807, 2.05) is 18.2 Å². The predicted octanol–water partition coefficient (Wildman–Crippen LogP) is 1.11. The summed E-state index contributed by atoms with van der Waals surface area (Å²) < 4.78 is 10.4. The molecule has 2 aromatic rings. The first-order valence-corrected chi connectivity index (χ1v) is 7.03. The number of nitrogens with one attached hydrogen (secondary N) is 1. The number of carbonyl (C=O) groups is 1. The molecule has 0 spiro atoms. The highest BCUT2D eigenvalue weighted by Crippen LogP contribution is 2.27. The summed E-state index contributed by atoms with van der Waals surface area (Å²) in [6.07, 6.45) is 0.667. The minimum Gasteiger partial charge on any atom is -0.493 e. The SMILES string of the molecule is COc1ccc(CCNC(=O)c2nnc(N)s2)cc1OC. The third-order valence-electron chi connectivity index (χ3n) is 2.78. The minimum absolute atomic E-state index is 0.264. The fourth-order valence-electron chi connectivity index (χ4n) is 1.76. The zero-order valence-electron chi connectivity index (χ0n) is 11.8. The number of nitrogens with two attached hydrogens (primary N) is 1. The van der Waals surface area contributed by atoms with Gasteiger partial charge in [0.15, 0.2) is 11.5 Å². The van der Waals surface area contributed by atoms with E-state index in [4.69, 9.17) is 15.2 Å². The molecule has 0 aliphatic rings. The van der Waals surface area contributed by atoms with Crippen LogP contribution >= 0.6 is 11.3 Å². The number of anilines is 1. The number of ether oxygens (including phenoxy) is 2. The largest absolute Gasteiger partial charge is 0.493 e. The van der Waals surface area contributed by atoms with Gasteiger partial charge in [0.2, 0.25) is 10.1 Å². The van der Waals surface area contributed by atoms with E-state index in [9.17, 15) is 4.79 Å². The second-order valence-corrected chi connectivity index (χ2v) is 5.15. The number of nitrogen functional groups attached to an aromatic ring is 1. The average molecular weight is 308 g/mol. The van der Waals surface area contributed by atoms with Crippen LogP contribution in [0.3, 0.4) is 0 Å². The molecule has 0 bridgehead atoms. The Hall–Kier alpha value is -2.35. The van der Waals surface area contributed by atoms with Gasteiger partial charge < -0.3 is 20.5 Å². The molecule has 0 saturated carbocycles. The van der Waals surface area contributed by atoms with Crippen molar-refractivity contribution in [3.63, 3.8) is 0 Å². The second kappa shape index (κ2) is 6.89. The molecule has 1 aromatic heterocycles. The van der Waals surface area contributed by atoms with Crippen LogP contribution in [-0.4, -0.2) is 36.9 Å². The highest BCUT2D eigenvalue weighted by Gasteiger charge is 2.11. The van der Waals surface area contributed by atoms with Gasteiger partial charge in [0, 0.05) is 6.54 Å². The number of aromatic nitrogens is 2. The molecule has 0 unspecified atom stereocenters. The van der Waals surface area contributed by atoms with Crippen molar-refractivity contribution in [3.8, 4) is 11.5 Å². The van der Waals surface area contributed by atoms with Gasteiger partial charge in [0.25, 0.3) is 5.91 Å². The molecule has 2 rings (SSSR count). The number of carbonyl (C=O) groups excluding carboxylic acids is 1. The van der Waals surface area contributed by atoms with Gasteiger partial charge in [-0.15, -0.1) is 10.2 Å². The van der Waals surface area contributed by atoms with Crippen LogP contribution in [0.1, 0.15) is 15.4 Å². The van der Waals surface area contributed by atoms with Crippen molar-refractivity contribution in [3.05, 3.63) is 28.8 Å². The number of nitrogens with zero attached hydrogens (tertiary/aromatic N) is 2. The molecule has 0 radical (unpaired) electrons. The van der Waals surface area contributed by atoms with E-state index in [1.54, 1.807) is 14.2 Å². The highest BCUT2D eigenvalue weighted by atomic mass is 32.1. The number of amides is 1. The number of hydrogen-bond donors (Lipinski definition) is 2. The summed E-state index contributed by atoms with van der Waals surface area (Å²) in [5.41, 5.74) is 6.47. The topological polar surface area (TPSA) is 99.4 Å². The Morgan fingerprint density at radius 2 is 2.05 bits per heavy atom. The molecule has 1 amide bonds. The molecule has 0 atom stereocenters. The van der Waals surface area contributed by atoms with E-state index in [-0.39, 0.29) is 16.0 Å². The van der Waals surface area contributed by atoms with Gasteiger partial charge in [0.1, 0.15) is 0 Å². The Balaban J connectivity index is 1.90. The first kappa shape index (κ1) is 15.0. The molecule has 1 aromatic carbocycles. The lowest BCUT2D eigenvalue weighted by molar-refractivity contribution is 0.0953. The Labute approximate surface area is 126 Å². The van der Waals surface area contributed by atoms with Gasteiger partial charge in [-0.1, -0.05) is 17.4 Å². The van der Waals surface area contributed by atoms with Crippen molar-refractivity contribution in [2.24, 2.45) is 0 Å². The van der Waals surface area contributed by atoms with Crippen molar-refractivity contribution in [2.45, 2.75) is 6.42 Å². The van der Waals surface area contributed by atoms with Crippen molar-refractivity contribution < 1.29 is 14.3 Å². The molecule has 21 heavy (non-hydrogen) atoms.